The molecule has 1 aromatic heterocycles. The van der Waals surface area contributed by atoms with Gasteiger partial charge in [0, 0.05) is 52.6 Å². The van der Waals surface area contributed by atoms with Crippen molar-refractivity contribution in [1.82, 2.24) is 14.8 Å². The number of piperazine rings is 1. The summed E-state index contributed by atoms with van der Waals surface area (Å²) in [6, 6.07) is 24.6. The highest BCUT2D eigenvalue weighted by Gasteiger charge is 2.24. The number of aromatic nitrogens is 1. The Kier molecular flexibility index (Phi) is 6.82. The molecule has 172 valence electrons. The van der Waals surface area contributed by atoms with Gasteiger partial charge in [-0.05, 0) is 55.0 Å². The molecule has 0 spiro atoms. The van der Waals surface area contributed by atoms with Gasteiger partial charge in [0.1, 0.15) is 0 Å². The first-order valence-corrected chi connectivity index (χ1v) is 13.0. The van der Waals surface area contributed by atoms with Gasteiger partial charge in [0.25, 0.3) is 5.91 Å². The van der Waals surface area contributed by atoms with Crippen LogP contribution in [0.2, 0.25) is 0 Å². The number of hydrogen-bond donors (Lipinski definition) is 0. The predicted molar refractivity (Wildman–Crippen MR) is 145 cm³/mol. The molecule has 1 aliphatic rings. The van der Waals surface area contributed by atoms with Gasteiger partial charge < -0.3 is 4.90 Å². The number of benzene rings is 3. The van der Waals surface area contributed by atoms with Gasteiger partial charge in [-0.1, -0.05) is 67.8 Å². The van der Waals surface area contributed by atoms with Crippen LogP contribution in [0.1, 0.15) is 21.5 Å². The summed E-state index contributed by atoms with van der Waals surface area (Å²) in [5.74, 6) is 0.0708. The molecule has 3 aromatic carbocycles. The minimum Gasteiger partial charge on any atom is -0.336 e. The number of pyridine rings is 1. The average Bonchev–Trinajstić information content (AvgIpc) is 2.83. The first-order valence-electron chi connectivity index (χ1n) is 11.4. The maximum atomic E-state index is 13.7. The summed E-state index contributed by atoms with van der Waals surface area (Å²) in [5.41, 5.74) is 5.85. The van der Waals surface area contributed by atoms with Crippen molar-refractivity contribution >= 4 is 48.7 Å². The van der Waals surface area contributed by atoms with Crippen molar-refractivity contribution in [3.63, 3.8) is 0 Å². The zero-order chi connectivity index (χ0) is 23.7. The molecule has 0 atom stereocenters. The number of fused-ring (bicyclic) bond motifs is 1. The number of aryl methyl sites for hydroxylation is 1. The summed E-state index contributed by atoms with van der Waals surface area (Å²) in [7, 11) is 0. The lowest BCUT2D eigenvalue weighted by atomic mass is 10.0. The van der Waals surface area contributed by atoms with Crippen LogP contribution < -0.4 is 0 Å². The van der Waals surface area contributed by atoms with Crippen molar-refractivity contribution in [2.24, 2.45) is 0 Å². The largest absolute Gasteiger partial charge is 0.336 e. The molecule has 4 nitrogen and oxygen atoms in total. The van der Waals surface area contributed by atoms with E-state index in [1.807, 2.05) is 41.3 Å². The van der Waals surface area contributed by atoms with E-state index in [1.165, 1.54) is 11.1 Å². The van der Waals surface area contributed by atoms with E-state index in [1.54, 1.807) is 0 Å². The number of carbonyl (C=O) groups excluding carboxylic acids is 1. The normalized spacial score (nSPS) is 14.5. The Labute approximate surface area is 216 Å². The quantitative estimate of drug-likeness (QED) is 0.270. The van der Waals surface area contributed by atoms with E-state index < -0.39 is 0 Å². The molecule has 1 saturated heterocycles. The van der Waals surface area contributed by atoms with Crippen molar-refractivity contribution in [2.45, 2.75) is 13.5 Å². The average molecular weight is 579 g/mol. The Bertz CT molecular complexity index is 1360. The van der Waals surface area contributed by atoms with Crippen LogP contribution in [-0.2, 0) is 6.54 Å². The Morgan fingerprint density at radius 3 is 2.41 bits per heavy atom. The van der Waals surface area contributed by atoms with E-state index in [4.69, 9.17) is 4.98 Å². The molecule has 4 aromatic rings. The molecule has 0 bridgehead atoms. The topological polar surface area (TPSA) is 36.4 Å². The molecule has 1 amide bonds. The molecule has 0 saturated carbocycles. The number of rotatable bonds is 4. The lowest BCUT2D eigenvalue weighted by Gasteiger charge is -2.35. The lowest BCUT2D eigenvalue weighted by Crippen LogP contribution is -2.48. The summed E-state index contributed by atoms with van der Waals surface area (Å²) in [5, 5.41) is 0.882. The van der Waals surface area contributed by atoms with Crippen LogP contribution in [0, 0.1) is 6.92 Å². The molecule has 2 heterocycles. The minimum atomic E-state index is 0.0708. The molecular formula is C28H25Br2N3O. The monoisotopic (exact) mass is 577 g/mol. The number of hydrogen-bond acceptors (Lipinski definition) is 3. The highest BCUT2D eigenvalue weighted by Crippen LogP contribution is 2.29. The van der Waals surface area contributed by atoms with Crippen molar-refractivity contribution in [2.75, 3.05) is 26.2 Å². The first kappa shape index (κ1) is 23.2. The smallest absolute Gasteiger partial charge is 0.254 e. The van der Waals surface area contributed by atoms with Crippen LogP contribution in [0.5, 0.6) is 0 Å². The van der Waals surface area contributed by atoms with Gasteiger partial charge in [0.05, 0.1) is 16.8 Å². The third kappa shape index (κ3) is 5.09. The van der Waals surface area contributed by atoms with E-state index in [9.17, 15) is 4.79 Å². The number of nitrogens with zero attached hydrogens (tertiary/aromatic N) is 3. The second kappa shape index (κ2) is 9.98. The van der Waals surface area contributed by atoms with Gasteiger partial charge in [-0.25, -0.2) is 4.98 Å². The van der Waals surface area contributed by atoms with Gasteiger partial charge in [-0.3, -0.25) is 9.69 Å². The van der Waals surface area contributed by atoms with Gasteiger partial charge >= 0.3 is 0 Å². The molecule has 0 unspecified atom stereocenters. The van der Waals surface area contributed by atoms with Gasteiger partial charge in [0.2, 0.25) is 0 Å². The van der Waals surface area contributed by atoms with Crippen molar-refractivity contribution in [3.05, 3.63) is 98.4 Å². The minimum absolute atomic E-state index is 0.0708. The van der Waals surface area contributed by atoms with Gasteiger partial charge in [0.15, 0.2) is 0 Å². The highest BCUT2D eigenvalue weighted by molar-refractivity contribution is 9.10. The van der Waals surface area contributed by atoms with E-state index in [0.717, 1.165) is 50.7 Å². The number of carbonyl (C=O) groups is 1. The van der Waals surface area contributed by atoms with Crippen LogP contribution in [0.25, 0.3) is 22.2 Å². The second-order valence-corrected chi connectivity index (χ2v) is 10.6. The Morgan fingerprint density at radius 1 is 0.882 bits per heavy atom. The van der Waals surface area contributed by atoms with E-state index in [-0.39, 0.29) is 5.91 Å². The molecular weight excluding hydrogens is 554 g/mol. The number of halogens is 2. The van der Waals surface area contributed by atoms with Gasteiger partial charge in [-0.2, -0.15) is 0 Å². The first-order chi connectivity index (χ1) is 16.5. The standard InChI is InChI=1S/C28H25Br2N3O/c1-19-4-2-6-21(14-19)27-17-25(24-16-23(30)8-9-26(24)31-27)28(34)33-12-10-32(11-13-33)18-20-5-3-7-22(29)15-20/h2-9,14-17H,10-13,18H2,1H3. The van der Waals surface area contributed by atoms with Crippen LogP contribution in [0.3, 0.4) is 0 Å². The van der Waals surface area contributed by atoms with E-state index >= 15 is 0 Å². The molecule has 0 N–H and O–H groups in total. The highest BCUT2D eigenvalue weighted by atomic mass is 79.9. The van der Waals surface area contributed by atoms with Crippen LogP contribution in [-0.4, -0.2) is 46.9 Å². The van der Waals surface area contributed by atoms with Crippen LogP contribution in [0.15, 0.2) is 81.7 Å². The predicted octanol–water partition coefficient (Wildman–Crippen LogP) is 6.69. The molecule has 34 heavy (non-hydrogen) atoms. The third-order valence-electron chi connectivity index (χ3n) is 6.27. The van der Waals surface area contributed by atoms with E-state index in [2.05, 4.69) is 80.1 Å². The number of amides is 1. The molecule has 6 heteroatoms. The van der Waals surface area contributed by atoms with Crippen molar-refractivity contribution in [3.8, 4) is 11.3 Å². The fourth-order valence-corrected chi connectivity index (χ4v) is 5.31. The summed E-state index contributed by atoms with van der Waals surface area (Å²) in [6.07, 6.45) is 0. The Hall–Kier alpha value is -2.54. The second-order valence-electron chi connectivity index (χ2n) is 8.78. The fraction of sp³-hybridized carbons (Fsp3) is 0.214. The fourth-order valence-electron chi connectivity index (χ4n) is 4.50. The zero-order valence-corrected chi connectivity index (χ0v) is 22.1. The summed E-state index contributed by atoms with van der Waals surface area (Å²) in [4.78, 5) is 23.0. The molecule has 0 aliphatic carbocycles. The Balaban J connectivity index is 1.41. The van der Waals surface area contributed by atoms with Crippen molar-refractivity contribution < 1.29 is 4.79 Å². The summed E-state index contributed by atoms with van der Waals surface area (Å²) < 4.78 is 2.04. The maximum absolute atomic E-state index is 13.7. The third-order valence-corrected chi connectivity index (χ3v) is 7.26. The van der Waals surface area contributed by atoms with Crippen molar-refractivity contribution in [1.29, 1.82) is 0 Å². The van der Waals surface area contributed by atoms with Crippen LogP contribution >= 0.6 is 31.9 Å². The molecule has 5 rings (SSSR count). The Morgan fingerprint density at radius 2 is 1.65 bits per heavy atom. The molecule has 1 aliphatic heterocycles. The molecule has 1 fully saturated rings. The lowest BCUT2D eigenvalue weighted by molar-refractivity contribution is 0.0630. The maximum Gasteiger partial charge on any atom is 0.254 e. The SMILES string of the molecule is Cc1cccc(-c2cc(C(=O)N3CCN(Cc4cccc(Br)c4)CC3)c3cc(Br)ccc3n2)c1. The van der Waals surface area contributed by atoms with Gasteiger partial charge in [-0.15, -0.1) is 0 Å². The summed E-state index contributed by atoms with van der Waals surface area (Å²) in [6.45, 7) is 6.10. The zero-order valence-electron chi connectivity index (χ0n) is 19.0. The molecule has 0 radical (unpaired) electrons. The summed E-state index contributed by atoms with van der Waals surface area (Å²) >= 11 is 7.12. The van der Waals surface area contributed by atoms with Crippen LogP contribution in [0.4, 0.5) is 0 Å². The van der Waals surface area contributed by atoms with E-state index in [0.29, 0.717) is 18.7 Å².